The molecule has 0 spiro atoms. The summed E-state index contributed by atoms with van der Waals surface area (Å²) in [5.74, 6) is -0.435. The number of H-pyrrole nitrogens is 1. The minimum atomic E-state index is -4.82. The van der Waals surface area contributed by atoms with Gasteiger partial charge in [0.1, 0.15) is 5.82 Å². The van der Waals surface area contributed by atoms with E-state index in [1.54, 1.807) is 0 Å². The van der Waals surface area contributed by atoms with Crippen LogP contribution < -0.4 is 9.64 Å². The Labute approximate surface area is 144 Å². The fourth-order valence-corrected chi connectivity index (χ4v) is 2.90. The Balaban J connectivity index is 2.01. The van der Waals surface area contributed by atoms with Crippen molar-refractivity contribution in [1.82, 2.24) is 15.2 Å². The van der Waals surface area contributed by atoms with Crippen LogP contribution in [0.2, 0.25) is 0 Å². The average Bonchev–Trinajstić information content (AvgIpc) is 3.06. The summed E-state index contributed by atoms with van der Waals surface area (Å²) in [5.41, 5.74) is -3.78. The van der Waals surface area contributed by atoms with Crippen LogP contribution in [-0.2, 0) is 6.18 Å². The molecule has 0 bridgehead atoms. The predicted molar refractivity (Wildman–Crippen MR) is 78.4 cm³/mol. The third kappa shape index (κ3) is 3.29. The van der Waals surface area contributed by atoms with Gasteiger partial charge in [0.2, 0.25) is 5.88 Å². The molecule has 1 unspecified atom stereocenters. The third-order valence-corrected chi connectivity index (χ3v) is 4.13. The quantitative estimate of drug-likeness (QED) is 0.813. The first-order chi connectivity index (χ1) is 12.1. The van der Waals surface area contributed by atoms with Crippen molar-refractivity contribution in [3.63, 3.8) is 0 Å². The number of aromatic amines is 1. The molecule has 11 heteroatoms. The number of rotatable bonds is 3. The summed E-state index contributed by atoms with van der Waals surface area (Å²) in [6.45, 7) is -0.0635. The van der Waals surface area contributed by atoms with Gasteiger partial charge in [-0.1, -0.05) is 0 Å². The SMILES string of the molecule is FC(F)(F)c1ccc(N2CCCCC2(Oc2ccn[nH]2)C(F)(F)F)nc1. The zero-order chi connectivity index (χ0) is 19.0. The van der Waals surface area contributed by atoms with E-state index in [1.807, 2.05) is 0 Å². The molecule has 0 saturated carbocycles. The highest BCUT2D eigenvalue weighted by Gasteiger charge is 2.62. The van der Waals surface area contributed by atoms with Crippen LogP contribution in [0.25, 0.3) is 0 Å². The van der Waals surface area contributed by atoms with Crippen LogP contribution in [0.3, 0.4) is 0 Å². The molecule has 1 saturated heterocycles. The fraction of sp³-hybridized carbons (Fsp3) is 0.467. The Morgan fingerprint density at radius 2 is 1.85 bits per heavy atom. The Bertz CT molecular complexity index is 728. The van der Waals surface area contributed by atoms with Crippen LogP contribution in [-0.4, -0.2) is 33.6 Å². The summed E-state index contributed by atoms with van der Waals surface area (Å²) in [4.78, 5) is 4.47. The molecule has 3 rings (SSSR count). The van der Waals surface area contributed by atoms with Crippen molar-refractivity contribution in [2.45, 2.75) is 37.3 Å². The zero-order valence-corrected chi connectivity index (χ0v) is 13.2. The molecule has 0 aromatic carbocycles. The van der Waals surface area contributed by atoms with Crippen molar-refractivity contribution in [2.24, 2.45) is 0 Å². The van der Waals surface area contributed by atoms with Gasteiger partial charge >= 0.3 is 12.4 Å². The van der Waals surface area contributed by atoms with E-state index >= 15 is 0 Å². The average molecular weight is 380 g/mol. The number of hydrogen-bond acceptors (Lipinski definition) is 4. The van der Waals surface area contributed by atoms with Gasteiger partial charge in [0.15, 0.2) is 0 Å². The first-order valence-corrected chi connectivity index (χ1v) is 7.69. The number of nitrogens with one attached hydrogen (secondary N) is 1. The van der Waals surface area contributed by atoms with Crippen LogP contribution in [0.4, 0.5) is 32.2 Å². The van der Waals surface area contributed by atoms with Gasteiger partial charge < -0.3 is 9.64 Å². The fourth-order valence-electron chi connectivity index (χ4n) is 2.90. The molecule has 5 nitrogen and oxygen atoms in total. The van der Waals surface area contributed by atoms with Crippen molar-refractivity contribution >= 4 is 5.82 Å². The topological polar surface area (TPSA) is 54.0 Å². The normalized spacial score (nSPS) is 21.7. The predicted octanol–water partition coefficient (Wildman–Crippen LogP) is 4.15. The van der Waals surface area contributed by atoms with Crippen molar-refractivity contribution in [2.75, 3.05) is 11.4 Å². The van der Waals surface area contributed by atoms with Gasteiger partial charge in [0, 0.05) is 25.2 Å². The highest BCUT2D eigenvalue weighted by Crippen LogP contribution is 2.45. The lowest BCUT2D eigenvalue weighted by Gasteiger charge is -2.47. The van der Waals surface area contributed by atoms with Gasteiger partial charge in [0.25, 0.3) is 5.72 Å². The zero-order valence-electron chi connectivity index (χ0n) is 13.2. The van der Waals surface area contributed by atoms with Gasteiger partial charge in [-0.3, -0.25) is 0 Å². The molecule has 26 heavy (non-hydrogen) atoms. The minimum absolute atomic E-state index is 0.0635. The summed E-state index contributed by atoms with van der Waals surface area (Å²) < 4.78 is 85.2. The van der Waals surface area contributed by atoms with Crippen LogP contribution >= 0.6 is 0 Å². The molecular formula is C15H14F6N4O. The van der Waals surface area contributed by atoms with E-state index in [9.17, 15) is 26.3 Å². The number of aromatic nitrogens is 3. The Kier molecular flexibility index (Phi) is 4.49. The second-order valence-electron chi connectivity index (χ2n) is 5.82. The number of anilines is 1. The smallest absolute Gasteiger partial charge is 0.441 e. The van der Waals surface area contributed by atoms with E-state index in [0.717, 1.165) is 11.0 Å². The summed E-state index contributed by atoms with van der Waals surface area (Å²) in [6.07, 6.45) is -7.41. The van der Waals surface area contributed by atoms with Crippen molar-refractivity contribution in [3.05, 3.63) is 36.2 Å². The van der Waals surface area contributed by atoms with E-state index in [2.05, 4.69) is 15.2 Å². The number of alkyl halides is 6. The molecule has 2 aromatic heterocycles. The molecule has 0 amide bonds. The van der Waals surface area contributed by atoms with E-state index in [-0.39, 0.29) is 24.7 Å². The maximum Gasteiger partial charge on any atom is 0.448 e. The summed E-state index contributed by atoms with van der Waals surface area (Å²) >= 11 is 0. The van der Waals surface area contributed by atoms with Crippen LogP contribution in [0.15, 0.2) is 30.6 Å². The third-order valence-electron chi connectivity index (χ3n) is 4.13. The Morgan fingerprint density at radius 3 is 2.38 bits per heavy atom. The lowest BCUT2D eigenvalue weighted by molar-refractivity contribution is -0.255. The monoisotopic (exact) mass is 380 g/mol. The molecule has 0 radical (unpaired) electrons. The molecule has 1 aliphatic heterocycles. The number of halogens is 6. The Hall–Kier alpha value is -2.46. The molecule has 3 heterocycles. The number of hydrogen-bond donors (Lipinski definition) is 1. The highest BCUT2D eigenvalue weighted by molar-refractivity contribution is 5.44. The van der Waals surface area contributed by atoms with Gasteiger partial charge in [-0.05, 0) is 25.0 Å². The number of nitrogens with zero attached hydrogens (tertiary/aromatic N) is 3. The summed E-state index contributed by atoms with van der Waals surface area (Å²) in [5, 5.41) is 5.88. The highest BCUT2D eigenvalue weighted by atomic mass is 19.4. The summed E-state index contributed by atoms with van der Waals surface area (Å²) in [7, 11) is 0. The first kappa shape index (κ1) is 18.3. The Morgan fingerprint density at radius 1 is 1.08 bits per heavy atom. The van der Waals surface area contributed by atoms with E-state index < -0.39 is 30.1 Å². The lowest BCUT2D eigenvalue weighted by Crippen LogP contribution is -2.65. The maximum atomic E-state index is 14.0. The largest absolute Gasteiger partial charge is 0.448 e. The molecule has 1 fully saturated rings. The molecule has 1 N–H and O–H groups in total. The van der Waals surface area contributed by atoms with Crippen LogP contribution in [0.1, 0.15) is 24.8 Å². The van der Waals surface area contributed by atoms with Crippen molar-refractivity contribution in [3.8, 4) is 5.88 Å². The van der Waals surface area contributed by atoms with Crippen molar-refractivity contribution < 1.29 is 31.1 Å². The molecule has 142 valence electrons. The second kappa shape index (κ2) is 6.36. The van der Waals surface area contributed by atoms with Gasteiger partial charge in [0.05, 0.1) is 11.8 Å². The van der Waals surface area contributed by atoms with E-state index in [1.165, 1.54) is 12.3 Å². The number of pyridine rings is 1. The van der Waals surface area contributed by atoms with E-state index in [0.29, 0.717) is 18.7 Å². The number of ether oxygens (including phenoxy) is 1. The lowest BCUT2D eigenvalue weighted by atomic mass is 9.97. The molecular weight excluding hydrogens is 366 g/mol. The van der Waals surface area contributed by atoms with Crippen LogP contribution in [0, 0.1) is 0 Å². The maximum absolute atomic E-state index is 14.0. The molecule has 1 atom stereocenters. The standard InChI is InChI=1S/C15H14F6N4O/c16-14(17,18)10-3-4-11(22-9-10)25-8-2-1-6-13(25,15(19,20)21)26-12-5-7-23-24-12/h3-5,7,9H,1-2,6,8H2,(H,23,24). The second-order valence-corrected chi connectivity index (χ2v) is 5.82. The molecule has 2 aromatic rings. The number of piperidine rings is 1. The first-order valence-electron chi connectivity index (χ1n) is 7.69. The van der Waals surface area contributed by atoms with Gasteiger partial charge in [-0.2, -0.15) is 31.4 Å². The van der Waals surface area contributed by atoms with Gasteiger partial charge in [-0.15, -0.1) is 0 Å². The van der Waals surface area contributed by atoms with Crippen LogP contribution in [0.5, 0.6) is 5.88 Å². The van der Waals surface area contributed by atoms with Crippen molar-refractivity contribution in [1.29, 1.82) is 0 Å². The minimum Gasteiger partial charge on any atom is -0.441 e. The molecule has 1 aliphatic rings. The molecule has 0 aliphatic carbocycles. The van der Waals surface area contributed by atoms with E-state index in [4.69, 9.17) is 4.74 Å². The summed E-state index contributed by atoms with van der Waals surface area (Å²) in [6, 6.07) is 2.86. The van der Waals surface area contributed by atoms with Gasteiger partial charge in [-0.25, -0.2) is 10.1 Å².